The van der Waals surface area contributed by atoms with E-state index in [0.717, 1.165) is 5.56 Å². The number of aryl methyl sites for hydroxylation is 2. The summed E-state index contributed by atoms with van der Waals surface area (Å²) in [6.45, 7) is 3.59. The fourth-order valence-electron chi connectivity index (χ4n) is 2.12. The number of nitrogens with zero attached hydrogens (tertiary/aromatic N) is 2. The number of anilines is 1. The summed E-state index contributed by atoms with van der Waals surface area (Å²) < 4.78 is 13.8. The summed E-state index contributed by atoms with van der Waals surface area (Å²) in [6, 6.07) is 10.1. The zero-order valence-corrected chi connectivity index (χ0v) is 13.4. The Kier molecular flexibility index (Phi) is 4.16. The first-order chi connectivity index (χ1) is 11.0. The quantitative estimate of drug-likeness (QED) is 0.784. The molecule has 1 N–H and O–H groups in total. The molecule has 0 radical (unpaired) electrons. The summed E-state index contributed by atoms with van der Waals surface area (Å²) in [7, 11) is 0. The van der Waals surface area contributed by atoms with Crippen molar-refractivity contribution in [3.63, 3.8) is 0 Å². The van der Waals surface area contributed by atoms with Crippen LogP contribution in [-0.2, 0) is 0 Å². The van der Waals surface area contributed by atoms with Gasteiger partial charge >= 0.3 is 0 Å². The third-order valence-electron chi connectivity index (χ3n) is 3.26. The van der Waals surface area contributed by atoms with Gasteiger partial charge in [-0.15, -0.1) is 11.3 Å². The minimum absolute atomic E-state index is 0.169. The molecule has 0 spiro atoms. The van der Waals surface area contributed by atoms with Crippen molar-refractivity contribution >= 4 is 22.9 Å². The zero-order valence-electron chi connectivity index (χ0n) is 12.6. The maximum Gasteiger partial charge on any atom is 0.267 e. The molecule has 0 fully saturated rings. The molecule has 0 saturated heterocycles. The van der Waals surface area contributed by atoms with Crippen LogP contribution in [-0.4, -0.2) is 15.9 Å². The molecule has 6 heteroatoms. The van der Waals surface area contributed by atoms with Gasteiger partial charge in [-0.2, -0.15) is 0 Å². The van der Waals surface area contributed by atoms with Crippen molar-refractivity contribution in [2.45, 2.75) is 13.8 Å². The van der Waals surface area contributed by atoms with Gasteiger partial charge in [0.25, 0.3) is 5.91 Å². The van der Waals surface area contributed by atoms with Gasteiger partial charge in [-0.25, -0.2) is 9.37 Å². The van der Waals surface area contributed by atoms with Crippen molar-refractivity contribution in [1.82, 2.24) is 9.97 Å². The molecule has 0 atom stereocenters. The average molecular weight is 327 g/mol. The van der Waals surface area contributed by atoms with Crippen molar-refractivity contribution in [3.8, 4) is 10.7 Å². The monoisotopic (exact) mass is 327 g/mol. The van der Waals surface area contributed by atoms with Crippen molar-refractivity contribution in [1.29, 1.82) is 0 Å². The maximum atomic E-state index is 13.8. The SMILES string of the molecule is Cc1ccc(F)c(NC(=O)c2sc(-c3ccccn3)nc2C)c1. The molecule has 3 rings (SSSR count). The fraction of sp³-hybridized carbons (Fsp3) is 0.118. The van der Waals surface area contributed by atoms with Gasteiger partial charge in [0.05, 0.1) is 17.1 Å². The highest BCUT2D eigenvalue weighted by atomic mass is 32.1. The van der Waals surface area contributed by atoms with Crippen molar-refractivity contribution < 1.29 is 9.18 Å². The third-order valence-corrected chi connectivity index (χ3v) is 4.44. The highest BCUT2D eigenvalue weighted by Gasteiger charge is 2.18. The second kappa shape index (κ2) is 6.26. The Balaban J connectivity index is 1.88. The number of carbonyl (C=O) groups is 1. The van der Waals surface area contributed by atoms with E-state index in [4.69, 9.17) is 0 Å². The van der Waals surface area contributed by atoms with Crippen LogP contribution >= 0.6 is 11.3 Å². The van der Waals surface area contributed by atoms with E-state index >= 15 is 0 Å². The lowest BCUT2D eigenvalue weighted by Crippen LogP contribution is -2.12. The van der Waals surface area contributed by atoms with E-state index in [1.807, 2.05) is 25.1 Å². The van der Waals surface area contributed by atoms with Crippen LogP contribution in [0.25, 0.3) is 10.7 Å². The lowest BCUT2D eigenvalue weighted by molar-refractivity contribution is 0.102. The molecule has 3 aromatic rings. The van der Waals surface area contributed by atoms with Crippen LogP contribution in [0.1, 0.15) is 20.9 Å². The van der Waals surface area contributed by atoms with Gasteiger partial charge in [-0.3, -0.25) is 9.78 Å². The first kappa shape index (κ1) is 15.3. The smallest absolute Gasteiger partial charge is 0.267 e. The highest BCUT2D eigenvalue weighted by Crippen LogP contribution is 2.27. The summed E-state index contributed by atoms with van der Waals surface area (Å²) in [4.78, 5) is 21.5. The standard InChI is InChI=1S/C17H14FN3OS/c1-10-6-7-12(18)14(9-10)21-16(22)15-11(2)20-17(23-15)13-5-3-4-8-19-13/h3-9H,1-2H3,(H,21,22). The Morgan fingerprint density at radius 1 is 1.22 bits per heavy atom. The normalized spacial score (nSPS) is 10.6. The molecule has 2 aromatic heterocycles. The van der Waals surface area contributed by atoms with Gasteiger partial charge in [0.15, 0.2) is 0 Å². The number of nitrogens with one attached hydrogen (secondary N) is 1. The summed E-state index contributed by atoms with van der Waals surface area (Å²) in [5, 5.41) is 3.27. The first-order valence-electron chi connectivity index (χ1n) is 7.01. The predicted octanol–water partition coefficient (Wildman–Crippen LogP) is 4.21. The summed E-state index contributed by atoms with van der Waals surface area (Å²) >= 11 is 1.24. The molecule has 4 nitrogen and oxygen atoms in total. The lowest BCUT2D eigenvalue weighted by atomic mass is 10.2. The maximum absolute atomic E-state index is 13.8. The van der Waals surface area contributed by atoms with Crippen LogP contribution in [0.2, 0.25) is 0 Å². The van der Waals surface area contributed by atoms with Gasteiger partial charge in [0, 0.05) is 6.20 Å². The van der Waals surface area contributed by atoms with E-state index in [1.165, 1.54) is 17.4 Å². The van der Waals surface area contributed by atoms with Gasteiger partial charge in [-0.1, -0.05) is 12.1 Å². The molecule has 1 aromatic carbocycles. The number of halogens is 1. The fourth-order valence-corrected chi connectivity index (χ4v) is 3.06. The minimum Gasteiger partial charge on any atom is -0.319 e. The van der Waals surface area contributed by atoms with Crippen LogP contribution in [0.4, 0.5) is 10.1 Å². The molecule has 1 amide bonds. The van der Waals surface area contributed by atoms with Gasteiger partial charge in [0.1, 0.15) is 15.7 Å². The number of amides is 1. The van der Waals surface area contributed by atoms with E-state index in [1.54, 1.807) is 25.3 Å². The Bertz CT molecular complexity index is 862. The van der Waals surface area contributed by atoms with Crippen LogP contribution in [0.5, 0.6) is 0 Å². The summed E-state index contributed by atoms with van der Waals surface area (Å²) in [5.74, 6) is -0.831. The zero-order chi connectivity index (χ0) is 16.4. The molecule has 0 bridgehead atoms. The largest absolute Gasteiger partial charge is 0.319 e. The van der Waals surface area contributed by atoms with E-state index in [9.17, 15) is 9.18 Å². The van der Waals surface area contributed by atoms with E-state index in [-0.39, 0.29) is 11.6 Å². The molecular formula is C17H14FN3OS. The highest BCUT2D eigenvalue weighted by molar-refractivity contribution is 7.17. The van der Waals surface area contributed by atoms with E-state index in [0.29, 0.717) is 21.3 Å². The molecule has 0 aliphatic rings. The van der Waals surface area contributed by atoms with Crippen LogP contribution in [0, 0.1) is 19.7 Å². The lowest BCUT2D eigenvalue weighted by Gasteiger charge is -2.06. The third kappa shape index (κ3) is 3.27. The predicted molar refractivity (Wildman–Crippen MR) is 89.2 cm³/mol. The second-order valence-corrected chi connectivity index (χ2v) is 6.09. The second-order valence-electron chi connectivity index (χ2n) is 5.09. The summed E-state index contributed by atoms with van der Waals surface area (Å²) in [5.41, 5.74) is 2.35. The molecule has 23 heavy (non-hydrogen) atoms. The molecular weight excluding hydrogens is 313 g/mol. The van der Waals surface area contributed by atoms with Gasteiger partial charge in [0.2, 0.25) is 0 Å². The number of rotatable bonds is 3. The topological polar surface area (TPSA) is 54.9 Å². The number of hydrogen-bond acceptors (Lipinski definition) is 4. The van der Waals surface area contributed by atoms with Crippen molar-refractivity contribution in [3.05, 3.63) is 64.5 Å². The van der Waals surface area contributed by atoms with Gasteiger partial charge < -0.3 is 5.32 Å². The van der Waals surface area contributed by atoms with Crippen LogP contribution in [0.3, 0.4) is 0 Å². The van der Waals surface area contributed by atoms with Gasteiger partial charge in [-0.05, 0) is 43.7 Å². The number of benzene rings is 1. The number of pyridine rings is 1. The first-order valence-corrected chi connectivity index (χ1v) is 7.82. The molecule has 2 heterocycles. The van der Waals surface area contributed by atoms with Crippen LogP contribution in [0.15, 0.2) is 42.6 Å². The number of aromatic nitrogens is 2. The minimum atomic E-state index is -0.462. The molecule has 0 aliphatic heterocycles. The Labute approximate surface area is 137 Å². The molecule has 0 saturated carbocycles. The van der Waals surface area contributed by atoms with E-state index < -0.39 is 5.82 Å². The molecule has 0 unspecified atom stereocenters. The van der Waals surface area contributed by atoms with Crippen molar-refractivity contribution in [2.24, 2.45) is 0 Å². The Morgan fingerprint density at radius 3 is 2.78 bits per heavy atom. The number of carbonyl (C=O) groups excluding carboxylic acids is 1. The van der Waals surface area contributed by atoms with E-state index in [2.05, 4.69) is 15.3 Å². The number of thiazole rings is 1. The molecule has 116 valence electrons. The molecule has 0 aliphatic carbocycles. The van der Waals surface area contributed by atoms with Crippen LogP contribution < -0.4 is 5.32 Å². The van der Waals surface area contributed by atoms with Crippen molar-refractivity contribution in [2.75, 3.05) is 5.32 Å². The average Bonchev–Trinajstić information content (AvgIpc) is 2.94. The Morgan fingerprint density at radius 2 is 2.04 bits per heavy atom. The summed E-state index contributed by atoms with van der Waals surface area (Å²) in [6.07, 6.45) is 1.67. The number of hydrogen-bond donors (Lipinski definition) is 1. The Hall–Kier alpha value is -2.60.